The summed E-state index contributed by atoms with van der Waals surface area (Å²) in [5, 5.41) is 10.0. The van der Waals surface area contributed by atoms with Gasteiger partial charge in [0.15, 0.2) is 0 Å². The summed E-state index contributed by atoms with van der Waals surface area (Å²) < 4.78 is 0.660. The molecular weight excluding hydrogens is 134 g/mol. The molecule has 5 heteroatoms. The first-order chi connectivity index (χ1) is 3.29. The number of hydroxylamine groups is 1. The van der Waals surface area contributed by atoms with Crippen LogP contribution in [0.3, 0.4) is 0 Å². The van der Waals surface area contributed by atoms with Crippen LogP contribution in [0.1, 0.15) is 0 Å². The van der Waals surface area contributed by atoms with Crippen molar-refractivity contribution in [1.29, 1.82) is 0 Å². The standard InChI is InChI=1S/C2H2NO2S2/c4-2-1-3(5)7-6-2/h1H2/q-1. The predicted molar refractivity (Wildman–Crippen MR) is 30.3 cm³/mol. The van der Waals surface area contributed by atoms with Gasteiger partial charge in [0.1, 0.15) is 0 Å². The van der Waals surface area contributed by atoms with Crippen molar-refractivity contribution < 1.29 is 4.79 Å². The van der Waals surface area contributed by atoms with E-state index in [0.29, 0.717) is 4.47 Å². The molecule has 1 aliphatic heterocycles. The number of carbonyl (C=O) groups is 1. The van der Waals surface area contributed by atoms with Crippen LogP contribution >= 0.6 is 21.8 Å². The van der Waals surface area contributed by atoms with Gasteiger partial charge in [0.2, 0.25) is 5.12 Å². The van der Waals surface area contributed by atoms with Crippen molar-refractivity contribution in [2.24, 2.45) is 0 Å². The minimum Gasteiger partial charge on any atom is -0.775 e. The third-order valence-corrected chi connectivity index (χ3v) is 2.44. The summed E-state index contributed by atoms with van der Waals surface area (Å²) in [6, 6.07) is 0. The van der Waals surface area contributed by atoms with Gasteiger partial charge in [-0.2, -0.15) is 0 Å². The van der Waals surface area contributed by atoms with E-state index in [2.05, 4.69) is 0 Å². The SMILES string of the molecule is O=C1CN([O-])SS1. The number of hydrogen-bond donors (Lipinski definition) is 0. The van der Waals surface area contributed by atoms with Gasteiger partial charge in [-0.1, -0.05) is 0 Å². The Morgan fingerprint density at radius 1 is 1.86 bits per heavy atom. The van der Waals surface area contributed by atoms with Gasteiger partial charge in [-0.05, 0) is 21.8 Å². The first-order valence-corrected chi connectivity index (χ1v) is 3.72. The van der Waals surface area contributed by atoms with Gasteiger partial charge in [-0.3, -0.25) is 4.79 Å². The van der Waals surface area contributed by atoms with Gasteiger partial charge in [-0.25, -0.2) is 0 Å². The molecule has 7 heavy (non-hydrogen) atoms. The Hall–Kier alpha value is 0.290. The summed E-state index contributed by atoms with van der Waals surface area (Å²) in [5.74, 6) is 0. The molecule has 1 heterocycles. The molecule has 0 atom stereocenters. The lowest BCUT2D eigenvalue weighted by Gasteiger charge is -2.13. The Morgan fingerprint density at radius 3 is 2.71 bits per heavy atom. The maximum atomic E-state index is 10.2. The Bertz CT molecular complexity index is 95.7. The fourth-order valence-corrected chi connectivity index (χ4v) is 1.64. The minimum atomic E-state index is -0.0556. The van der Waals surface area contributed by atoms with E-state index in [9.17, 15) is 10.0 Å². The Labute approximate surface area is 48.5 Å². The first kappa shape index (κ1) is 5.43. The summed E-state index contributed by atoms with van der Waals surface area (Å²) in [7, 11) is 1.95. The molecule has 0 aromatic carbocycles. The van der Waals surface area contributed by atoms with E-state index < -0.39 is 0 Å². The van der Waals surface area contributed by atoms with Crippen LogP contribution in [-0.2, 0) is 4.79 Å². The molecule has 1 aliphatic rings. The smallest absolute Gasteiger partial charge is 0.214 e. The van der Waals surface area contributed by atoms with Gasteiger partial charge in [0.25, 0.3) is 0 Å². The molecule has 0 radical (unpaired) electrons. The molecule has 1 saturated heterocycles. The minimum absolute atomic E-state index is 0.0370. The zero-order chi connectivity index (χ0) is 5.28. The lowest BCUT2D eigenvalue weighted by Crippen LogP contribution is -2.05. The summed E-state index contributed by atoms with van der Waals surface area (Å²) in [6.07, 6.45) is 0. The highest BCUT2D eigenvalue weighted by atomic mass is 33.1. The summed E-state index contributed by atoms with van der Waals surface area (Å²) in [6.45, 7) is 0.0370. The maximum Gasteiger partial charge on any atom is 0.214 e. The van der Waals surface area contributed by atoms with Crippen LogP contribution in [0.2, 0.25) is 0 Å². The third kappa shape index (κ3) is 1.34. The lowest BCUT2D eigenvalue weighted by molar-refractivity contribution is -0.110. The van der Waals surface area contributed by atoms with Crippen molar-refractivity contribution in [1.82, 2.24) is 4.47 Å². The van der Waals surface area contributed by atoms with Crippen LogP contribution in [0, 0.1) is 5.21 Å². The molecule has 0 unspecified atom stereocenters. The van der Waals surface area contributed by atoms with Gasteiger partial charge in [-0.15, -0.1) is 0 Å². The fourth-order valence-electron chi connectivity index (χ4n) is 0.241. The monoisotopic (exact) mass is 136 g/mol. The van der Waals surface area contributed by atoms with Crippen LogP contribution < -0.4 is 0 Å². The van der Waals surface area contributed by atoms with Crippen LogP contribution in [0.5, 0.6) is 0 Å². The van der Waals surface area contributed by atoms with Gasteiger partial charge < -0.3 is 9.68 Å². The van der Waals surface area contributed by atoms with Crippen LogP contribution in [-0.4, -0.2) is 16.1 Å². The first-order valence-electron chi connectivity index (χ1n) is 1.61. The molecule has 1 rings (SSSR count). The van der Waals surface area contributed by atoms with E-state index in [1.54, 1.807) is 0 Å². The zero-order valence-electron chi connectivity index (χ0n) is 3.29. The summed E-state index contributed by atoms with van der Waals surface area (Å²) >= 11 is 0. The van der Waals surface area contributed by atoms with E-state index in [1.165, 1.54) is 0 Å². The highest BCUT2D eigenvalue weighted by Crippen LogP contribution is 2.32. The molecule has 0 bridgehead atoms. The van der Waals surface area contributed by atoms with E-state index in [-0.39, 0.29) is 11.7 Å². The molecule has 3 nitrogen and oxygen atoms in total. The Morgan fingerprint density at radius 2 is 2.57 bits per heavy atom. The largest absolute Gasteiger partial charge is 0.775 e. The molecule has 1 fully saturated rings. The van der Waals surface area contributed by atoms with E-state index >= 15 is 0 Å². The second-order valence-electron chi connectivity index (χ2n) is 1.02. The Kier molecular flexibility index (Phi) is 1.58. The average molecular weight is 136 g/mol. The van der Waals surface area contributed by atoms with Crippen molar-refractivity contribution in [3.05, 3.63) is 5.21 Å². The van der Waals surface area contributed by atoms with Crippen molar-refractivity contribution >= 4 is 26.9 Å². The fraction of sp³-hybridized carbons (Fsp3) is 0.500. The van der Waals surface area contributed by atoms with E-state index in [1.807, 2.05) is 0 Å². The summed E-state index contributed by atoms with van der Waals surface area (Å²) in [4.78, 5) is 10.2. The lowest BCUT2D eigenvalue weighted by atomic mass is 10.8. The van der Waals surface area contributed by atoms with Gasteiger partial charge >= 0.3 is 0 Å². The quantitative estimate of drug-likeness (QED) is 0.361. The van der Waals surface area contributed by atoms with E-state index in [0.717, 1.165) is 21.8 Å². The molecule has 0 aromatic rings. The number of nitrogens with zero attached hydrogens (tertiary/aromatic N) is 1. The number of carbonyl (C=O) groups excluding carboxylic acids is 1. The molecule has 0 amide bonds. The molecule has 0 aromatic heterocycles. The second-order valence-corrected chi connectivity index (χ2v) is 3.15. The third-order valence-electron chi connectivity index (χ3n) is 0.472. The number of hydrogen-bond acceptors (Lipinski definition) is 5. The van der Waals surface area contributed by atoms with Crippen molar-refractivity contribution in [2.45, 2.75) is 0 Å². The zero-order valence-corrected chi connectivity index (χ0v) is 4.92. The average Bonchev–Trinajstić information content (AvgIpc) is 1.87. The predicted octanol–water partition coefficient (Wildman–Crippen LogP) is 0.623. The normalized spacial score (nSPS) is 23.9. The molecule has 0 aliphatic carbocycles. The van der Waals surface area contributed by atoms with Crippen molar-refractivity contribution in [3.8, 4) is 0 Å². The summed E-state index contributed by atoms with van der Waals surface area (Å²) in [5.41, 5.74) is 0. The van der Waals surface area contributed by atoms with Crippen molar-refractivity contribution in [2.75, 3.05) is 6.54 Å². The van der Waals surface area contributed by atoms with E-state index in [4.69, 9.17) is 0 Å². The van der Waals surface area contributed by atoms with Crippen molar-refractivity contribution in [3.63, 3.8) is 0 Å². The molecule has 0 saturated carbocycles. The molecule has 0 spiro atoms. The highest BCUT2D eigenvalue weighted by molar-refractivity contribution is 8.82. The Balaban J connectivity index is 2.40. The molecule has 0 N–H and O–H groups in total. The van der Waals surface area contributed by atoms with Crippen LogP contribution in [0.25, 0.3) is 0 Å². The number of rotatable bonds is 0. The highest BCUT2D eigenvalue weighted by Gasteiger charge is 2.12. The van der Waals surface area contributed by atoms with Gasteiger partial charge in [0.05, 0.1) is 6.54 Å². The van der Waals surface area contributed by atoms with Crippen LogP contribution in [0.4, 0.5) is 0 Å². The second kappa shape index (κ2) is 2.04. The molecule has 40 valence electrons. The van der Waals surface area contributed by atoms with Crippen LogP contribution in [0.15, 0.2) is 0 Å². The topological polar surface area (TPSA) is 43.4 Å². The molecular formula is C2H2NO2S2-. The maximum absolute atomic E-state index is 10.2. The van der Waals surface area contributed by atoms with Gasteiger partial charge in [0, 0.05) is 0 Å².